The van der Waals surface area contributed by atoms with E-state index in [4.69, 9.17) is 28.9 Å². The first-order chi connectivity index (χ1) is 5.65. The van der Waals surface area contributed by atoms with Crippen LogP contribution >= 0.6 is 23.2 Å². The van der Waals surface area contributed by atoms with E-state index in [0.29, 0.717) is 15.6 Å². The largest absolute Gasteiger partial charge is 0.322 e. The van der Waals surface area contributed by atoms with Crippen LogP contribution in [-0.4, -0.2) is 6.67 Å². The summed E-state index contributed by atoms with van der Waals surface area (Å²) in [6.07, 6.45) is 0. The predicted octanol–water partition coefficient (Wildman–Crippen LogP) is 2.96. The van der Waals surface area contributed by atoms with Crippen molar-refractivity contribution in [2.24, 2.45) is 5.73 Å². The average molecular weight is 208 g/mol. The zero-order valence-electron chi connectivity index (χ0n) is 6.23. The molecule has 66 valence electrons. The summed E-state index contributed by atoms with van der Waals surface area (Å²) in [4.78, 5) is 0. The normalized spacial score (nSPS) is 13.0. The first kappa shape index (κ1) is 9.78. The van der Waals surface area contributed by atoms with Gasteiger partial charge in [-0.15, -0.1) is 0 Å². The molecule has 0 aromatic heterocycles. The van der Waals surface area contributed by atoms with Crippen molar-refractivity contribution in [1.82, 2.24) is 0 Å². The Balaban J connectivity index is 2.96. The number of hydrogen-bond donors (Lipinski definition) is 1. The number of benzene rings is 1. The van der Waals surface area contributed by atoms with Crippen LogP contribution in [0.25, 0.3) is 0 Å². The summed E-state index contributed by atoms with van der Waals surface area (Å²) in [5, 5.41) is 0.851. The average Bonchev–Trinajstić information content (AvgIpc) is 2.08. The van der Waals surface area contributed by atoms with Gasteiger partial charge in [0.1, 0.15) is 6.67 Å². The molecular weight excluding hydrogens is 200 g/mol. The lowest BCUT2D eigenvalue weighted by atomic mass is 10.1. The van der Waals surface area contributed by atoms with Gasteiger partial charge in [0, 0.05) is 0 Å². The summed E-state index contributed by atoms with van der Waals surface area (Å²) in [5.41, 5.74) is 6.10. The second kappa shape index (κ2) is 4.08. The lowest BCUT2D eigenvalue weighted by molar-refractivity contribution is 0.437. The van der Waals surface area contributed by atoms with E-state index in [1.165, 1.54) is 0 Å². The Morgan fingerprint density at radius 1 is 1.33 bits per heavy atom. The minimum atomic E-state index is -0.611. The van der Waals surface area contributed by atoms with Crippen LogP contribution in [0.5, 0.6) is 0 Å². The third kappa shape index (κ3) is 2.09. The zero-order valence-corrected chi connectivity index (χ0v) is 7.74. The fraction of sp³-hybridized carbons (Fsp3) is 0.250. The molecule has 1 atom stereocenters. The highest BCUT2D eigenvalue weighted by molar-refractivity contribution is 6.42. The smallest absolute Gasteiger partial charge is 0.109 e. The molecule has 0 aliphatic carbocycles. The maximum Gasteiger partial charge on any atom is 0.109 e. The lowest BCUT2D eigenvalue weighted by Crippen LogP contribution is -2.11. The molecule has 1 aromatic rings. The molecular formula is C8H8Cl2FN. The van der Waals surface area contributed by atoms with Gasteiger partial charge in [0.05, 0.1) is 16.1 Å². The Kier molecular flexibility index (Phi) is 3.32. The van der Waals surface area contributed by atoms with Crippen molar-refractivity contribution in [1.29, 1.82) is 0 Å². The van der Waals surface area contributed by atoms with Crippen molar-refractivity contribution in [3.8, 4) is 0 Å². The van der Waals surface area contributed by atoms with Gasteiger partial charge in [-0.05, 0) is 17.7 Å². The molecule has 0 spiro atoms. The van der Waals surface area contributed by atoms with E-state index in [1.807, 2.05) is 0 Å². The number of rotatable bonds is 2. The molecule has 0 aliphatic heterocycles. The summed E-state index contributed by atoms with van der Waals surface area (Å²) >= 11 is 11.4. The first-order valence-corrected chi connectivity index (χ1v) is 4.17. The van der Waals surface area contributed by atoms with Gasteiger partial charge < -0.3 is 5.73 Å². The van der Waals surface area contributed by atoms with Crippen LogP contribution in [0.4, 0.5) is 4.39 Å². The van der Waals surface area contributed by atoms with Crippen molar-refractivity contribution in [2.45, 2.75) is 6.04 Å². The summed E-state index contributed by atoms with van der Waals surface area (Å²) in [6, 6.07) is 4.24. The van der Waals surface area contributed by atoms with E-state index in [2.05, 4.69) is 0 Å². The van der Waals surface area contributed by atoms with E-state index in [-0.39, 0.29) is 0 Å². The fourth-order valence-electron chi connectivity index (χ4n) is 0.832. The Morgan fingerprint density at radius 2 is 2.00 bits per heavy atom. The molecule has 0 unspecified atom stereocenters. The van der Waals surface area contributed by atoms with E-state index in [9.17, 15) is 4.39 Å². The third-order valence-electron chi connectivity index (χ3n) is 1.54. The predicted molar refractivity (Wildman–Crippen MR) is 49.4 cm³/mol. The van der Waals surface area contributed by atoms with Gasteiger partial charge in [0.2, 0.25) is 0 Å². The molecule has 12 heavy (non-hydrogen) atoms. The highest BCUT2D eigenvalue weighted by Gasteiger charge is 2.06. The van der Waals surface area contributed by atoms with E-state index < -0.39 is 12.7 Å². The number of alkyl halides is 1. The SMILES string of the molecule is N[C@@H](CF)c1ccc(Cl)c(Cl)c1. The lowest BCUT2D eigenvalue weighted by Gasteiger charge is -2.07. The van der Waals surface area contributed by atoms with E-state index in [0.717, 1.165) is 0 Å². The third-order valence-corrected chi connectivity index (χ3v) is 2.28. The van der Waals surface area contributed by atoms with Crippen LogP contribution in [0, 0.1) is 0 Å². The summed E-state index contributed by atoms with van der Waals surface area (Å²) < 4.78 is 12.1. The Morgan fingerprint density at radius 3 is 2.50 bits per heavy atom. The van der Waals surface area contributed by atoms with Gasteiger partial charge in [0.15, 0.2) is 0 Å². The van der Waals surface area contributed by atoms with Crippen LogP contribution in [0.2, 0.25) is 10.0 Å². The van der Waals surface area contributed by atoms with Crippen LogP contribution in [0.1, 0.15) is 11.6 Å². The zero-order chi connectivity index (χ0) is 9.14. The van der Waals surface area contributed by atoms with Crippen molar-refractivity contribution >= 4 is 23.2 Å². The monoisotopic (exact) mass is 207 g/mol. The van der Waals surface area contributed by atoms with Gasteiger partial charge in [-0.25, -0.2) is 4.39 Å². The Labute approximate surface area is 80.3 Å². The van der Waals surface area contributed by atoms with Crippen LogP contribution in [-0.2, 0) is 0 Å². The highest BCUT2D eigenvalue weighted by Crippen LogP contribution is 2.24. The quantitative estimate of drug-likeness (QED) is 0.794. The fourth-order valence-corrected chi connectivity index (χ4v) is 1.14. The van der Waals surface area contributed by atoms with Crippen molar-refractivity contribution < 1.29 is 4.39 Å². The van der Waals surface area contributed by atoms with Gasteiger partial charge in [0.25, 0.3) is 0 Å². The van der Waals surface area contributed by atoms with E-state index in [1.54, 1.807) is 18.2 Å². The van der Waals surface area contributed by atoms with Gasteiger partial charge in [-0.3, -0.25) is 0 Å². The van der Waals surface area contributed by atoms with Crippen LogP contribution in [0.15, 0.2) is 18.2 Å². The molecule has 0 aliphatic rings. The highest BCUT2D eigenvalue weighted by atomic mass is 35.5. The molecule has 1 rings (SSSR count). The first-order valence-electron chi connectivity index (χ1n) is 3.41. The molecule has 4 heteroatoms. The van der Waals surface area contributed by atoms with Crippen LogP contribution < -0.4 is 5.73 Å². The number of nitrogens with two attached hydrogens (primary N) is 1. The molecule has 0 saturated carbocycles. The molecule has 0 amide bonds. The standard InChI is InChI=1S/C8H8Cl2FN/c9-6-2-1-5(3-7(6)10)8(12)4-11/h1-3,8H,4,12H2/t8-/m0/s1. The van der Waals surface area contributed by atoms with Crippen molar-refractivity contribution in [3.05, 3.63) is 33.8 Å². The van der Waals surface area contributed by atoms with Crippen LogP contribution in [0.3, 0.4) is 0 Å². The maximum absolute atomic E-state index is 12.1. The minimum Gasteiger partial charge on any atom is -0.322 e. The van der Waals surface area contributed by atoms with Gasteiger partial charge in [-0.1, -0.05) is 29.3 Å². The summed E-state index contributed by atoms with van der Waals surface area (Å²) in [7, 11) is 0. The number of hydrogen-bond acceptors (Lipinski definition) is 1. The molecule has 1 aromatic carbocycles. The molecule has 0 saturated heterocycles. The molecule has 0 bridgehead atoms. The molecule has 0 fully saturated rings. The molecule has 0 heterocycles. The van der Waals surface area contributed by atoms with Crippen molar-refractivity contribution in [3.63, 3.8) is 0 Å². The topological polar surface area (TPSA) is 26.0 Å². The van der Waals surface area contributed by atoms with Crippen molar-refractivity contribution in [2.75, 3.05) is 6.67 Å². The number of halogens is 3. The van der Waals surface area contributed by atoms with E-state index >= 15 is 0 Å². The molecule has 2 N–H and O–H groups in total. The van der Waals surface area contributed by atoms with Gasteiger partial charge in [-0.2, -0.15) is 0 Å². The maximum atomic E-state index is 12.1. The summed E-state index contributed by atoms with van der Waals surface area (Å²) in [6.45, 7) is -0.599. The molecule has 0 radical (unpaired) electrons. The second-order valence-corrected chi connectivity index (χ2v) is 3.25. The van der Waals surface area contributed by atoms with Gasteiger partial charge >= 0.3 is 0 Å². The minimum absolute atomic E-state index is 0.401. The summed E-state index contributed by atoms with van der Waals surface area (Å²) in [5.74, 6) is 0. The Bertz CT molecular complexity index is 278. The second-order valence-electron chi connectivity index (χ2n) is 2.43. The molecule has 1 nitrogen and oxygen atoms in total. The Hall–Kier alpha value is -0.310.